The van der Waals surface area contributed by atoms with Gasteiger partial charge >= 0.3 is 0 Å². The second kappa shape index (κ2) is 4.72. The minimum Gasteiger partial charge on any atom is -0.384 e. The first-order valence-corrected chi connectivity index (χ1v) is 5.60. The van der Waals surface area contributed by atoms with Crippen LogP contribution in [0.15, 0.2) is 6.33 Å². The molecule has 1 atom stereocenters. The highest BCUT2D eigenvalue weighted by molar-refractivity contribution is 4.95. The molecule has 0 spiro atoms. The molecule has 0 aromatic carbocycles. The van der Waals surface area contributed by atoms with Gasteiger partial charge in [-0.15, -0.1) is 10.2 Å². The lowest BCUT2D eigenvalue weighted by atomic mass is 9.95. The quantitative estimate of drug-likeness (QED) is 0.772. The van der Waals surface area contributed by atoms with Crippen LogP contribution in [-0.4, -0.2) is 26.4 Å². The summed E-state index contributed by atoms with van der Waals surface area (Å²) in [6, 6.07) is 0.449. The second-order valence-corrected chi connectivity index (χ2v) is 4.14. The summed E-state index contributed by atoms with van der Waals surface area (Å²) in [5.41, 5.74) is 5.43. The van der Waals surface area contributed by atoms with Crippen molar-refractivity contribution in [3.05, 3.63) is 12.2 Å². The normalized spacial score (nSPS) is 20.4. The van der Waals surface area contributed by atoms with Gasteiger partial charge < -0.3 is 15.4 Å². The standard InChI is InChI=1S/C10H18N4O/c11-6-9(15)10-13-12-7-14(10)8-4-2-1-3-5-8/h7-9,15H,1-6,11H2. The molecule has 0 saturated heterocycles. The Morgan fingerprint density at radius 1 is 1.47 bits per heavy atom. The molecule has 0 aliphatic heterocycles. The van der Waals surface area contributed by atoms with Crippen molar-refractivity contribution in [2.75, 3.05) is 6.54 Å². The Balaban J connectivity index is 2.15. The molecule has 3 N–H and O–H groups in total. The highest BCUT2D eigenvalue weighted by Gasteiger charge is 2.21. The van der Waals surface area contributed by atoms with Crippen LogP contribution in [0.5, 0.6) is 0 Å². The van der Waals surface area contributed by atoms with Crippen LogP contribution in [-0.2, 0) is 0 Å². The fraction of sp³-hybridized carbons (Fsp3) is 0.800. The highest BCUT2D eigenvalue weighted by atomic mass is 16.3. The molecule has 15 heavy (non-hydrogen) atoms. The van der Waals surface area contributed by atoms with Crippen LogP contribution in [0.3, 0.4) is 0 Å². The van der Waals surface area contributed by atoms with E-state index in [1.807, 2.05) is 4.57 Å². The summed E-state index contributed by atoms with van der Waals surface area (Å²) in [5, 5.41) is 17.5. The lowest BCUT2D eigenvalue weighted by Gasteiger charge is -2.24. The molecule has 1 heterocycles. The fourth-order valence-electron chi connectivity index (χ4n) is 2.24. The zero-order chi connectivity index (χ0) is 10.7. The van der Waals surface area contributed by atoms with Crippen LogP contribution in [0.2, 0.25) is 0 Å². The van der Waals surface area contributed by atoms with Gasteiger partial charge in [0, 0.05) is 12.6 Å². The Hall–Kier alpha value is -0.940. The van der Waals surface area contributed by atoms with Gasteiger partial charge in [-0.3, -0.25) is 0 Å². The van der Waals surface area contributed by atoms with Gasteiger partial charge in [0.05, 0.1) is 0 Å². The van der Waals surface area contributed by atoms with E-state index < -0.39 is 6.10 Å². The molecule has 5 nitrogen and oxygen atoms in total. The third-order valence-electron chi connectivity index (χ3n) is 3.09. The SMILES string of the molecule is NCC(O)c1nncn1C1CCCCC1. The Labute approximate surface area is 89.3 Å². The number of hydrogen-bond donors (Lipinski definition) is 2. The van der Waals surface area contributed by atoms with Gasteiger partial charge in [0.1, 0.15) is 12.4 Å². The van der Waals surface area contributed by atoms with E-state index in [4.69, 9.17) is 5.73 Å². The first kappa shape index (κ1) is 10.6. The average molecular weight is 210 g/mol. The van der Waals surface area contributed by atoms with E-state index in [-0.39, 0.29) is 6.54 Å². The molecule has 84 valence electrons. The fourth-order valence-corrected chi connectivity index (χ4v) is 2.24. The monoisotopic (exact) mass is 210 g/mol. The van der Waals surface area contributed by atoms with Gasteiger partial charge in [-0.25, -0.2) is 0 Å². The predicted octanol–water partition coefficient (Wildman–Crippen LogP) is 0.775. The molecule has 0 bridgehead atoms. The molecule has 1 aromatic rings. The van der Waals surface area contributed by atoms with Gasteiger partial charge in [-0.05, 0) is 12.8 Å². The van der Waals surface area contributed by atoms with Crippen molar-refractivity contribution in [1.82, 2.24) is 14.8 Å². The van der Waals surface area contributed by atoms with Gasteiger partial charge in [-0.2, -0.15) is 0 Å². The van der Waals surface area contributed by atoms with Gasteiger partial charge in [-0.1, -0.05) is 19.3 Å². The number of nitrogens with zero attached hydrogens (tertiary/aromatic N) is 3. The van der Waals surface area contributed by atoms with E-state index in [1.165, 1.54) is 19.3 Å². The van der Waals surface area contributed by atoms with Crippen LogP contribution in [0.1, 0.15) is 50.1 Å². The summed E-state index contributed by atoms with van der Waals surface area (Å²) >= 11 is 0. The van der Waals surface area contributed by atoms with E-state index >= 15 is 0 Å². The number of rotatable bonds is 3. The molecular weight excluding hydrogens is 192 g/mol. The van der Waals surface area contributed by atoms with E-state index in [2.05, 4.69) is 10.2 Å². The number of aliphatic hydroxyl groups excluding tert-OH is 1. The van der Waals surface area contributed by atoms with E-state index in [0.717, 1.165) is 12.8 Å². The molecule has 1 saturated carbocycles. The molecule has 0 radical (unpaired) electrons. The summed E-state index contributed by atoms with van der Waals surface area (Å²) in [6.07, 6.45) is 7.15. The largest absolute Gasteiger partial charge is 0.384 e. The Bertz CT molecular complexity index is 306. The first-order valence-electron chi connectivity index (χ1n) is 5.60. The van der Waals surface area contributed by atoms with Crippen LogP contribution < -0.4 is 5.73 Å². The molecule has 1 aliphatic rings. The van der Waals surface area contributed by atoms with Crippen molar-refractivity contribution in [3.63, 3.8) is 0 Å². The molecule has 1 aromatic heterocycles. The van der Waals surface area contributed by atoms with Crippen molar-refractivity contribution in [1.29, 1.82) is 0 Å². The van der Waals surface area contributed by atoms with Gasteiger partial charge in [0.2, 0.25) is 0 Å². The molecular formula is C10H18N4O. The number of nitrogens with two attached hydrogens (primary N) is 1. The van der Waals surface area contributed by atoms with Crippen molar-refractivity contribution >= 4 is 0 Å². The molecule has 1 aliphatic carbocycles. The zero-order valence-corrected chi connectivity index (χ0v) is 8.84. The van der Waals surface area contributed by atoms with Crippen LogP contribution in [0.25, 0.3) is 0 Å². The van der Waals surface area contributed by atoms with Crippen LogP contribution in [0.4, 0.5) is 0 Å². The molecule has 5 heteroatoms. The summed E-state index contributed by atoms with van der Waals surface area (Å²) in [7, 11) is 0. The third kappa shape index (κ3) is 2.18. The molecule has 1 unspecified atom stereocenters. The minimum atomic E-state index is -0.686. The first-order chi connectivity index (χ1) is 7.33. The molecule has 2 rings (SSSR count). The second-order valence-electron chi connectivity index (χ2n) is 4.14. The number of aliphatic hydroxyl groups is 1. The van der Waals surface area contributed by atoms with Crippen molar-refractivity contribution in [2.45, 2.75) is 44.2 Å². The summed E-state index contributed by atoms with van der Waals surface area (Å²) in [5.74, 6) is 0.615. The lowest BCUT2D eigenvalue weighted by Crippen LogP contribution is -2.20. The minimum absolute atomic E-state index is 0.200. The van der Waals surface area contributed by atoms with Crippen molar-refractivity contribution in [3.8, 4) is 0 Å². The van der Waals surface area contributed by atoms with Crippen molar-refractivity contribution in [2.24, 2.45) is 5.73 Å². The van der Waals surface area contributed by atoms with E-state index in [9.17, 15) is 5.11 Å². The smallest absolute Gasteiger partial charge is 0.163 e. The van der Waals surface area contributed by atoms with Crippen molar-refractivity contribution < 1.29 is 5.11 Å². The van der Waals surface area contributed by atoms with E-state index in [0.29, 0.717) is 11.9 Å². The van der Waals surface area contributed by atoms with Crippen LogP contribution >= 0.6 is 0 Å². The summed E-state index contributed by atoms with van der Waals surface area (Å²) in [4.78, 5) is 0. The number of aromatic nitrogens is 3. The van der Waals surface area contributed by atoms with Crippen LogP contribution in [0, 0.1) is 0 Å². The maximum atomic E-state index is 9.68. The Morgan fingerprint density at radius 2 is 2.20 bits per heavy atom. The number of hydrogen-bond acceptors (Lipinski definition) is 4. The zero-order valence-electron chi connectivity index (χ0n) is 8.84. The van der Waals surface area contributed by atoms with Gasteiger partial charge in [0.25, 0.3) is 0 Å². The summed E-state index contributed by atoms with van der Waals surface area (Å²) in [6.45, 7) is 0.200. The van der Waals surface area contributed by atoms with E-state index in [1.54, 1.807) is 6.33 Å². The molecule has 1 fully saturated rings. The van der Waals surface area contributed by atoms with Gasteiger partial charge in [0.15, 0.2) is 5.82 Å². The predicted molar refractivity (Wildman–Crippen MR) is 56.2 cm³/mol. The maximum Gasteiger partial charge on any atom is 0.163 e. The highest BCUT2D eigenvalue weighted by Crippen LogP contribution is 2.29. The lowest BCUT2D eigenvalue weighted by molar-refractivity contribution is 0.165. The molecule has 0 amide bonds. The summed E-state index contributed by atoms with van der Waals surface area (Å²) < 4.78 is 2.00. The average Bonchev–Trinajstić information content (AvgIpc) is 2.78. The Kier molecular flexibility index (Phi) is 3.33. The third-order valence-corrected chi connectivity index (χ3v) is 3.09. The Morgan fingerprint density at radius 3 is 2.87 bits per heavy atom. The topological polar surface area (TPSA) is 77.0 Å². The maximum absolute atomic E-state index is 9.68.